The van der Waals surface area contributed by atoms with E-state index >= 15 is 0 Å². The lowest BCUT2D eigenvalue weighted by atomic mass is 10.1. The molecule has 3 aromatic heterocycles. The number of hydrogen-bond acceptors (Lipinski definition) is 9. The number of fused-ring (bicyclic) bond motifs is 1. The number of nitriles is 1. The molecule has 1 aliphatic rings. The third-order valence-electron chi connectivity index (χ3n) is 6.22. The summed E-state index contributed by atoms with van der Waals surface area (Å²) in [5.41, 5.74) is 5.51. The number of anilines is 1. The van der Waals surface area contributed by atoms with Gasteiger partial charge in [0, 0.05) is 25.3 Å². The van der Waals surface area contributed by atoms with Crippen molar-refractivity contribution in [3.05, 3.63) is 50.4 Å². The molecule has 1 unspecified atom stereocenters. The Hall–Kier alpha value is -4.42. The number of carbonyl (C=O) groups is 1. The van der Waals surface area contributed by atoms with Crippen LogP contribution < -0.4 is 21.9 Å². The van der Waals surface area contributed by atoms with Gasteiger partial charge in [-0.2, -0.15) is 10.2 Å². The molecule has 2 N–H and O–H groups in total. The molecule has 0 aromatic carbocycles. The van der Waals surface area contributed by atoms with E-state index in [1.807, 2.05) is 11.0 Å². The predicted octanol–water partition coefficient (Wildman–Crippen LogP) is 0.577. The van der Waals surface area contributed by atoms with E-state index in [1.165, 1.54) is 6.20 Å². The van der Waals surface area contributed by atoms with E-state index in [2.05, 4.69) is 16.8 Å². The molecule has 0 bridgehead atoms. The number of rotatable bonds is 7. The molecule has 0 radical (unpaired) electrons. The fraction of sp³-hybridized carbons (Fsp3) is 0.462. The topological polar surface area (TPSA) is 154 Å². The summed E-state index contributed by atoms with van der Waals surface area (Å²) in [6, 6.07) is 5.13. The SMILES string of the molecule is CC#CCn1c(N2CCCC(N)C2)nc2c1c(=O)n(Cc1ncccc1C#N)c(=O)n2CC(=O)OC(C)C. The Labute approximate surface area is 219 Å². The first-order valence-electron chi connectivity index (χ1n) is 12.4. The Kier molecular flexibility index (Phi) is 7.93. The smallest absolute Gasteiger partial charge is 0.333 e. The Morgan fingerprint density at radius 1 is 1.29 bits per heavy atom. The second-order valence-corrected chi connectivity index (χ2v) is 9.35. The maximum atomic E-state index is 13.9. The van der Waals surface area contributed by atoms with Crippen LogP contribution >= 0.6 is 0 Å². The number of pyridine rings is 1. The molecular formula is C26H30N8O4. The molecule has 0 saturated carbocycles. The summed E-state index contributed by atoms with van der Waals surface area (Å²) in [6.45, 7) is 5.73. The molecule has 0 amide bonds. The first kappa shape index (κ1) is 26.6. The van der Waals surface area contributed by atoms with Gasteiger partial charge in [-0.1, -0.05) is 5.92 Å². The van der Waals surface area contributed by atoms with Crippen LogP contribution in [-0.4, -0.2) is 54.9 Å². The molecule has 1 aliphatic heterocycles. The lowest BCUT2D eigenvalue weighted by Crippen LogP contribution is -2.44. The van der Waals surface area contributed by atoms with E-state index in [1.54, 1.807) is 37.5 Å². The summed E-state index contributed by atoms with van der Waals surface area (Å²) in [4.78, 5) is 51.1. The monoisotopic (exact) mass is 518 g/mol. The van der Waals surface area contributed by atoms with Gasteiger partial charge >= 0.3 is 11.7 Å². The normalized spacial score (nSPS) is 15.3. The molecule has 12 nitrogen and oxygen atoms in total. The molecule has 1 saturated heterocycles. The predicted molar refractivity (Wildman–Crippen MR) is 140 cm³/mol. The number of hydrogen-bond donors (Lipinski definition) is 1. The van der Waals surface area contributed by atoms with Gasteiger partial charge in [0.15, 0.2) is 11.2 Å². The maximum Gasteiger partial charge on any atom is 0.333 e. The van der Waals surface area contributed by atoms with Crippen LogP contribution in [0.3, 0.4) is 0 Å². The summed E-state index contributed by atoms with van der Waals surface area (Å²) >= 11 is 0. The standard InChI is InChI=1S/C26H30N8O4/c1-4-5-12-32-22-23(30-25(32)31-11-7-9-19(28)14-31)33(16-21(35)38-17(2)3)26(37)34(24(22)36)15-20-18(13-27)8-6-10-29-20/h6,8,10,17,19H,7,9,11-12,14-16,28H2,1-3H3. The van der Waals surface area contributed by atoms with Crippen molar-refractivity contribution in [2.45, 2.75) is 65.4 Å². The van der Waals surface area contributed by atoms with Gasteiger partial charge in [-0.25, -0.2) is 4.79 Å². The van der Waals surface area contributed by atoms with E-state index < -0.39 is 29.9 Å². The Bertz CT molecular complexity index is 1580. The minimum absolute atomic E-state index is 0.0607. The van der Waals surface area contributed by atoms with Gasteiger partial charge in [0.2, 0.25) is 5.95 Å². The number of ether oxygens (including phenoxy) is 1. The van der Waals surface area contributed by atoms with Crippen molar-refractivity contribution in [1.29, 1.82) is 5.26 Å². The molecule has 4 heterocycles. The molecule has 12 heteroatoms. The summed E-state index contributed by atoms with van der Waals surface area (Å²) in [7, 11) is 0. The van der Waals surface area contributed by atoms with Crippen molar-refractivity contribution in [3.63, 3.8) is 0 Å². The van der Waals surface area contributed by atoms with Crippen LogP contribution in [0.2, 0.25) is 0 Å². The Balaban J connectivity index is 2.00. The second-order valence-electron chi connectivity index (χ2n) is 9.35. The average Bonchev–Trinajstić information content (AvgIpc) is 3.27. The summed E-state index contributed by atoms with van der Waals surface area (Å²) in [6.07, 6.45) is 2.80. The second kappa shape index (κ2) is 11.3. The molecule has 198 valence electrons. The highest BCUT2D eigenvalue weighted by molar-refractivity contribution is 5.77. The van der Waals surface area contributed by atoms with Gasteiger partial charge in [-0.05, 0) is 45.7 Å². The minimum Gasteiger partial charge on any atom is -0.462 e. The fourth-order valence-corrected chi connectivity index (χ4v) is 4.55. The number of imidazole rings is 1. The highest BCUT2D eigenvalue weighted by Crippen LogP contribution is 2.23. The molecule has 0 aliphatic carbocycles. The van der Waals surface area contributed by atoms with E-state index in [0.717, 1.165) is 22.0 Å². The third kappa shape index (κ3) is 5.31. The van der Waals surface area contributed by atoms with Gasteiger partial charge in [-0.15, -0.1) is 5.92 Å². The number of nitrogens with zero attached hydrogens (tertiary/aromatic N) is 7. The highest BCUT2D eigenvalue weighted by Gasteiger charge is 2.28. The van der Waals surface area contributed by atoms with Crippen LogP contribution in [0, 0.1) is 23.2 Å². The van der Waals surface area contributed by atoms with Crippen LogP contribution in [0.25, 0.3) is 11.2 Å². The molecular weight excluding hydrogens is 488 g/mol. The quantitative estimate of drug-likeness (QED) is 0.349. The minimum atomic E-state index is -0.758. The first-order valence-corrected chi connectivity index (χ1v) is 12.4. The zero-order valence-corrected chi connectivity index (χ0v) is 21.7. The van der Waals surface area contributed by atoms with Crippen LogP contribution in [0.1, 0.15) is 44.9 Å². The van der Waals surface area contributed by atoms with Crippen LogP contribution in [0.4, 0.5) is 5.95 Å². The van der Waals surface area contributed by atoms with Gasteiger partial charge in [0.05, 0.1) is 30.5 Å². The number of carbonyl (C=O) groups excluding carboxylic acids is 1. The molecule has 1 fully saturated rings. The van der Waals surface area contributed by atoms with Crippen molar-refractivity contribution < 1.29 is 9.53 Å². The number of nitrogens with two attached hydrogens (primary N) is 1. The van der Waals surface area contributed by atoms with E-state index in [4.69, 9.17) is 15.5 Å². The Morgan fingerprint density at radius 3 is 2.76 bits per heavy atom. The van der Waals surface area contributed by atoms with Gasteiger partial charge in [0.1, 0.15) is 12.6 Å². The van der Waals surface area contributed by atoms with Crippen LogP contribution in [0.5, 0.6) is 0 Å². The summed E-state index contributed by atoms with van der Waals surface area (Å²) in [5.74, 6) is 5.63. The maximum absolute atomic E-state index is 13.9. The van der Waals surface area contributed by atoms with Crippen LogP contribution in [-0.2, 0) is 29.2 Å². The van der Waals surface area contributed by atoms with Crippen molar-refractivity contribution in [2.75, 3.05) is 18.0 Å². The molecule has 38 heavy (non-hydrogen) atoms. The van der Waals surface area contributed by atoms with Crippen molar-refractivity contribution >= 4 is 23.1 Å². The largest absolute Gasteiger partial charge is 0.462 e. The molecule has 0 spiro atoms. The van der Waals surface area contributed by atoms with Crippen molar-refractivity contribution in [2.24, 2.45) is 5.73 Å². The molecule has 3 aromatic rings. The lowest BCUT2D eigenvalue weighted by Gasteiger charge is -2.31. The highest BCUT2D eigenvalue weighted by atomic mass is 16.5. The zero-order valence-electron chi connectivity index (χ0n) is 21.7. The molecule has 4 rings (SSSR count). The molecule has 1 atom stereocenters. The van der Waals surface area contributed by atoms with E-state index in [0.29, 0.717) is 19.0 Å². The van der Waals surface area contributed by atoms with Gasteiger partial charge < -0.3 is 15.4 Å². The fourth-order valence-electron chi connectivity index (χ4n) is 4.55. The third-order valence-corrected chi connectivity index (χ3v) is 6.22. The van der Waals surface area contributed by atoms with E-state index in [-0.39, 0.29) is 41.6 Å². The van der Waals surface area contributed by atoms with Gasteiger partial charge in [0.25, 0.3) is 5.56 Å². The van der Waals surface area contributed by atoms with Crippen molar-refractivity contribution in [1.82, 2.24) is 23.7 Å². The summed E-state index contributed by atoms with van der Waals surface area (Å²) in [5, 5.41) is 9.51. The number of esters is 1. The lowest BCUT2D eigenvalue weighted by molar-refractivity contribution is -0.148. The van der Waals surface area contributed by atoms with E-state index in [9.17, 15) is 19.6 Å². The van der Waals surface area contributed by atoms with Crippen molar-refractivity contribution in [3.8, 4) is 17.9 Å². The first-order chi connectivity index (χ1) is 18.2. The zero-order chi connectivity index (χ0) is 27.4. The Morgan fingerprint density at radius 2 is 2.08 bits per heavy atom. The van der Waals surface area contributed by atoms with Crippen LogP contribution in [0.15, 0.2) is 27.9 Å². The average molecular weight is 519 g/mol. The van der Waals surface area contributed by atoms with Gasteiger partial charge in [-0.3, -0.25) is 28.3 Å². The number of aromatic nitrogens is 5. The number of piperidine rings is 1. The summed E-state index contributed by atoms with van der Waals surface area (Å²) < 4.78 is 9.06.